The maximum atomic E-state index is 6.21. The van der Waals surface area contributed by atoms with Gasteiger partial charge in [-0.25, -0.2) is 0 Å². The fourth-order valence-electron chi connectivity index (χ4n) is 2.59. The monoisotopic (exact) mass is 411 g/mol. The quantitative estimate of drug-likeness (QED) is 0.753. The summed E-state index contributed by atoms with van der Waals surface area (Å²) in [7, 11) is 4.23. The molecule has 1 heterocycles. The van der Waals surface area contributed by atoms with Crippen molar-refractivity contribution < 1.29 is 18.1 Å². The third kappa shape index (κ3) is 6.22. The van der Waals surface area contributed by atoms with Gasteiger partial charge in [-0.05, 0) is 63.5 Å². The minimum atomic E-state index is 0. The fourth-order valence-corrected chi connectivity index (χ4v) is 3.83. The summed E-state index contributed by atoms with van der Waals surface area (Å²) in [5, 5.41) is 0.798. The van der Waals surface area contributed by atoms with E-state index in [0.29, 0.717) is 0 Å². The van der Waals surface area contributed by atoms with Crippen LogP contribution in [0.2, 0.25) is 5.02 Å². The van der Waals surface area contributed by atoms with Crippen molar-refractivity contribution in [2.45, 2.75) is 16.2 Å². The standard InChI is InChI=1S/C17H19ClN2S.C3H7N.ClH/c1-19(2)10-5-11-20-14-6-3-4-7-16(14)21-17-9-8-13(18)12-15(17)20;1-2-3-4;/h3-4,6-9,12H,5,10-11H2,1-2H3;2H,1,3-4H2;1H. The van der Waals surface area contributed by atoms with Crippen molar-refractivity contribution in [3.05, 3.63) is 60.1 Å². The Hall–Kier alpha value is -1.17. The average molecular weight is 412 g/mol. The Balaban J connectivity index is 0.000000616. The van der Waals surface area contributed by atoms with Crippen LogP contribution in [-0.4, -0.2) is 38.6 Å². The topological polar surface area (TPSA) is 34.1 Å². The summed E-state index contributed by atoms with van der Waals surface area (Å²) >= 11 is 8.03. The van der Waals surface area contributed by atoms with Crippen LogP contribution in [0.15, 0.2) is 64.9 Å². The van der Waals surface area contributed by atoms with E-state index >= 15 is 0 Å². The molecule has 0 spiro atoms. The van der Waals surface area contributed by atoms with Gasteiger partial charge in [0.05, 0.1) is 17.9 Å². The lowest BCUT2D eigenvalue weighted by molar-refractivity contribution is -0.352. The lowest BCUT2D eigenvalue weighted by atomic mass is 10.2. The predicted octanol–water partition coefficient (Wildman–Crippen LogP) is 1.31. The van der Waals surface area contributed by atoms with Crippen molar-refractivity contribution in [2.24, 2.45) is 0 Å². The molecule has 0 saturated heterocycles. The molecule has 0 unspecified atom stereocenters. The number of hydrogen-bond acceptors (Lipinski definition) is 3. The minimum Gasteiger partial charge on any atom is -1.00 e. The molecule has 0 bridgehead atoms. The van der Waals surface area contributed by atoms with E-state index in [-0.39, 0.29) is 12.4 Å². The highest BCUT2D eigenvalue weighted by Crippen LogP contribution is 2.48. The van der Waals surface area contributed by atoms with E-state index in [1.54, 1.807) is 6.08 Å². The van der Waals surface area contributed by atoms with Crippen LogP contribution in [0.4, 0.5) is 11.4 Å². The highest BCUT2D eigenvalue weighted by molar-refractivity contribution is 7.99. The minimum absolute atomic E-state index is 0. The first-order chi connectivity index (χ1) is 12.1. The van der Waals surface area contributed by atoms with Gasteiger partial charge < -0.3 is 27.9 Å². The number of hydrogen-bond donors (Lipinski definition) is 1. The smallest absolute Gasteiger partial charge is 0.0924 e. The molecule has 0 saturated carbocycles. The number of benzene rings is 2. The Labute approximate surface area is 172 Å². The molecule has 3 N–H and O–H groups in total. The molecule has 3 nitrogen and oxygen atoms in total. The molecular weight excluding hydrogens is 385 g/mol. The third-order valence-corrected chi connectivity index (χ3v) is 5.14. The predicted molar refractivity (Wildman–Crippen MR) is 110 cm³/mol. The first-order valence-electron chi connectivity index (χ1n) is 8.45. The summed E-state index contributed by atoms with van der Waals surface area (Å²) in [6, 6.07) is 14.8. The number of rotatable bonds is 5. The van der Waals surface area contributed by atoms with Crippen molar-refractivity contribution in [3.63, 3.8) is 0 Å². The Morgan fingerprint density at radius 2 is 1.81 bits per heavy atom. The number of fused-ring (bicyclic) bond motifs is 2. The highest BCUT2D eigenvalue weighted by Gasteiger charge is 2.22. The van der Waals surface area contributed by atoms with Gasteiger partial charge in [0.1, 0.15) is 0 Å². The van der Waals surface area contributed by atoms with Gasteiger partial charge >= 0.3 is 0 Å². The lowest BCUT2D eigenvalue weighted by Gasteiger charge is -2.33. The van der Waals surface area contributed by atoms with Crippen molar-refractivity contribution in [1.29, 1.82) is 0 Å². The largest absolute Gasteiger partial charge is 1.00 e. The van der Waals surface area contributed by atoms with Crippen LogP contribution in [0.3, 0.4) is 0 Å². The van der Waals surface area contributed by atoms with E-state index in [1.165, 1.54) is 21.2 Å². The Morgan fingerprint density at radius 3 is 2.46 bits per heavy atom. The van der Waals surface area contributed by atoms with Crippen LogP contribution >= 0.6 is 23.4 Å². The zero-order valence-electron chi connectivity index (χ0n) is 15.4. The number of quaternary nitrogens is 1. The first-order valence-corrected chi connectivity index (χ1v) is 9.65. The van der Waals surface area contributed by atoms with E-state index in [4.69, 9.17) is 11.6 Å². The molecule has 0 amide bonds. The molecular formula is C20H27Cl2N3S. The fraction of sp³-hybridized carbons (Fsp3) is 0.300. The van der Waals surface area contributed by atoms with Crippen molar-refractivity contribution in [3.8, 4) is 0 Å². The Morgan fingerprint density at radius 1 is 1.15 bits per heavy atom. The first kappa shape index (κ1) is 22.9. The summed E-state index contributed by atoms with van der Waals surface area (Å²) in [6.07, 6.45) is 2.89. The summed E-state index contributed by atoms with van der Waals surface area (Å²) in [6.45, 7) is 6.34. The number of anilines is 2. The number of para-hydroxylation sites is 1. The molecule has 26 heavy (non-hydrogen) atoms. The molecule has 0 aromatic heterocycles. The van der Waals surface area contributed by atoms with Crippen LogP contribution in [0, 0.1) is 0 Å². The Kier molecular flexibility index (Phi) is 10.1. The van der Waals surface area contributed by atoms with Gasteiger partial charge in [0.25, 0.3) is 0 Å². The van der Waals surface area contributed by atoms with E-state index in [1.807, 2.05) is 17.8 Å². The molecule has 0 radical (unpaired) electrons. The van der Waals surface area contributed by atoms with Crippen molar-refractivity contribution >= 4 is 34.7 Å². The molecule has 0 aliphatic carbocycles. The average Bonchev–Trinajstić information content (AvgIpc) is 2.61. The van der Waals surface area contributed by atoms with E-state index in [0.717, 1.165) is 31.1 Å². The summed E-state index contributed by atoms with van der Waals surface area (Å²) < 4.78 is 0. The van der Waals surface area contributed by atoms with Gasteiger partial charge in [0.2, 0.25) is 0 Å². The molecule has 6 heteroatoms. The molecule has 2 aromatic carbocycles. The summed E-state index contributed by atoms with van der Waals surface area (Å²) in [4.78, 5) is 7.22. The zero-order valence-corrected chi connectivity index (χ0v) is 17.7. The van der Waals surface area contributed by atoms with E-state index in [2.05, 4.69) is 72.6 Å². The second-order valence-electron chi connectivity index (χ2n) is 6.07. The molecule has 0 fully saturated rings. The number of halogens is 2. The van der Waals surface area contributed by atoms with Gasteiger partial charge in [-0.2, -0.15) is 0 Å². The van der Waals surface area contributed by atoms with E-state index < -0.39 is 0 Å². The van der Waals surface area contributed by atoms with Crippen LogP contribution in [0.1, 0.15) is 6.42 Å². The van der Waals surface area contributed by atoms with E-state index in [9.17, 15) is 0 Å². The van der Waals surface area contributed by atoms with Crippen LogP contribution in [0.25, 0.3) is 0 Å². The van der Waals surface area contributed by atoms with Gasteiger partial charge in [-0.1, -0.05) is 42.1 Å². The van der Waals surface area contributed by atoms with Crippen molar-refractivity contribution in [1.82, 2.24) is 4.90 Å². The molecule has 1 aliphatic heterocycles. The van der Waals surface area contributed by atoms with Gasteiger partial charge in [-0.3, -0.25) is 0 Å². The summed E-state index contributed by atoms with van der Waals surface area (Å²) in [5.74, 6) is 0. The van der Waals surface area contributed by atoms with Crippen molar-refractivity contribution in [2.75, 3.05) is 38.6 Å². The molecule has 0 atom stereocenters. The molecule has 3 rings (SSSR count). The number of nitrogens with zero attached hydrogens (tertiary/aromatic N) is 2. The second kappa shape index (κ2) is 11.5. The zero-order chi connectivity index (χ0) is 18.2. The van der Waals surface area contributed by atoms with Gasteiger partial charge in [-0.15, -0.1) is 0 Å². The second-order valence-corrected chi connectivity index (χ2v) is 7.59. The van der Waals surface area contributed by atoms with Gasteiger partial charge in [0, 0.05) is 21.4 Å². The summed E-state index contributed by atoms with van der Waals surface area (Å²) in [5.41, 5.74) is 6.00. The normalized spacial score (nSPS) is 11.7. The third-order valence-electron chi connectivity index (χ3n) is 3.78. The maximum Gasteiger partial charge on any atom is 0.0924 e. The van der Waals surface area contributed by atoms with Crippen LogP contribution in [0.5, 0.6) is 0 Å². The van der Waals surface area contributed by atoms with Gasteiger partial charge in [0.15, 0.2) is 0 Å². The highest BCUT2D eigenvalue weighted by atomic mass is 35.5. The molecule has 142 valence electrons. The SMILES string of the molecule is C=CC[NH3+].CN(C)CCCN1c2ccccc2Sc2ccc(Cl)cc21.[Cl-]. The Bertz CT molecular complexity index is 707. The van der Waals surface area contributed by atoms with Crippen LogP contribution in [-0.2, 0) is 0 Å². The lowest BCUT2D eigenvalue weighted by Crippen LogP contribution is -3.00. The maximum absolute atomic E-state index is 6.21. The molecule has 2 aromatic rings. The molecule has 1 aliphatic rings. The van der Waals surface area contributed by atoms with Crippen LogP contribution < -0.4 is 23.0 Å².